The summed E-state index contributed by atoms with van der Waals surface area (Å²) in [4.78, 5) is 26.2. The summed E-state index contributed by atoms with van der Waals surface area (Å²) in [6.07, 6.45) is 2.92. The van der Waals surface area contributed by atoms with E-state index in [1.54, 1.807) is 0 Å². The van der Waals surface area contributed by atoms with Gasteiger partial charge in [-0.05, 0) is 6.07 Å². The van der Waals surface area contributed by atoms with Crippen LogP contribution in [0.1, 0.15) is 10.5 Å². The molecule has 6 heteroatoms. The van der Waals surface area contributed by atoms with Crippen molar-refractivity contribution in [2.24, 2.45) is 0 Å². The molecule has 0 bridgehead atoms. The van der Waals surface area contributed by atoms with Crippen LogP contribution in [0.2, 0.25) is 5.02 Å². The van der Waals surface area contributed by atoms with Crippen molar-refractivity contribution in [1.29, 1.82) is 0 Å². The van der Waals surface area contributed by atoms with E-state index in [0.717, 1.165) is 4.90 Å². The predicted molar refractivity (Wildman–Crippen MR) is 59.5 cm³/mol. The van der Waals surface area contributed by atoms with Crippen molar-refractivity contribution in [2.45, 2.75) is 0 Å². The Morgan fingerprint density at radius 1 is 1.62 bits per heavy atom. The normalized spacial score (nSPS) is 9.81. The number of aromatic nitrogens is 1. The van der Waals surface area contributed by atoms with Gasteiger partial charge in [-0.1, -0.05) is 17.7 Å². The summed E-state index contributed by atoms with van der Waals surface area (Å²) in [5.41, 5.74) is 0.258. The molecule has 1 heterocycles. The average molecular weight is 243 g/mol. The zero-order valence-corrected chi connectivity index (χ0v) is 9.20. The van der Waals surface area contributed by atoms with Gasteiger partial charge < -0.3 is 15.0 Å². The zero-order valence-electron chi connectivity index (χ0n) is 8.44. The Labute approximate surface area is 97.3 Å². The summed E-state index contributed by atoms with van der Waals surface area (Å²) in [6.45, 7) is 3.26. The first kappa shape index (κ1) is 12.3. The molecule has 0 unspecified atom stereocenters. The van der Waals surface area contributed by atoms with Crippen molar-refractivity contribution in [3.05, 3.63) is 35.6 Å². The summed E-state index contributed by atoms with van der Waals surface area (Å²) in [5.74, 6) is -1.50. The quantitative estimate of drug-likeness (QED) is 0.766. The Kier molecular flexibility index (Phi) is 4.13. The second kappa shape index (κ2) is 5.37. The number of halogens is 1. The van der Waals surface area contributed by atoms with E-state index in [-0.39, 0.29) is 18.8 Å². The van der Waals surface area contributed by atoms with Crippen LogP contribution in [0.5, 0.6) is 0 Å². The van der Waals surface area contributed by atoms with Gasteiger partial charge >= 0.3 is 5.97 Å². The third-order valence-corrected chi connectivity index (χ3v) is 2.06. The smallest absolute Gasteiger partial charge is 0.323 e. The number of carboxylic acids is 1. The van der Waals surface area contributed by atoms with E-state index in [1.807, 2.05) is 0 Å². The minimum atomic E-state index is -1.08. The third-order valence-electron chi connectivity index (χ3n) is 1.84. The first-order chi connectivity index (χ1) is 7.54. The molecular weight excluding hydrogens is 232 g/mol. The maximum atomic E-state index is 11.8. The molecule has 0 atom stereocenters. The summed E-state index contributed by atoms with van der Waals surface area (Å²) >= 11 is 5.65. The SMILES string of the molecule is C=CCN(CC(=O)O)C(=O)c1cc(Cl)c[nH]1. The zero-order chi connectivity index (χ0) is 12.1. The van der Waals surface area contributed by atoms with E-state index in [2.05, 4.69) is 11.6 Å². The van der Waals surface area contributed by atoms with Gasteiger partial charge in [0.2, 0.25) is 0 Å². The minimum Gasteiger partial charge on any atom is -0.480 e. The molecule has 1 rings (SSSR count). The summed E-state index contributed by atoms with van der Waals surface area (Å²) in [6, 6.07) is 1.45. The monoisotopic (exact) mass is 242 g/mol. The Balaban J connectivity index is 2.81. The lowest BCUT2D eigenvalue weighted by Gasteiger charge is -2.17. The van der Waals surface area contributed by atoms with Gasteiger partial charge in [0.1, 0.15) is 12.2 Å². The molecule has 0 aliphatic carbocycles. The van der Waals surface area contributed by atoms with E-state index in [1.165, 1.54) is 18.3 Å². The van der Waals surface area contributed by atoms with Crippen molar-refractivity contribution >= 4 is 23.5 Å². The fourth-order valence-electron chi connectivity index (χ4n) is 1.20. The molecule has 0 saturated carbocycles. The number of amides is 1. The maximum Gasteiger partial charge on any atom is 0.323 e. The van der Waals surface area contributed by atoms with E-state index in [4.69, 9.17) is 16.7 Å². The highest BCUT2D eigenvalue weighted by atomic mass is 35.5. The number of carbonyl (C=O) groups excluding carboxylic acids is 1. The lowest BCUT2D eigenvalue weighted by atomic mass is 10.3. The number of nitrogens with zero attached hydrogens (tertiary/aromatic N) is 1. The van der Waals surface area contributed by atoms with Crippen LogP contribution < -0.4 is 0 Å². The summed E-state index contributed by atoms with van der Waals surface area (Å²) in [7, 11) is 0. The van der Waals surface area contributed by atoms with E-state index < -0.39 is 11.9 Å². The van der Waals surface area contributed by atoms with Crippen LogP contribution in [-0.2, 0) is 4.79 Å². The van der Waals surface area contributed by atoms with Crippen molar-refractivity contribution < 1.29 is 14.7 Å². The van der Waals surface area contributed by atoms with Crippen molar-refractivity contribution in [3.8, 4) is 0 Å². The second-order valence-corrected chi connectivity index (χ2v) is 3.54. The number of carbonyl (C=O) groups is 2. The van der Waals surface area contributed by atoms with Gasteiger partial charge in [-0.25, -0.2) is 0 Å². The molecule has 1 aromatic heterocycles. The highest BCUT2D eigenvalue weighted by Gasteiger charge is 2.18. The van der Waals surface area contributed by atoms with Crippen LogP contribution in [0.25, 0.3) is 0 Å². The fourth-order valence-corrected chi connectivity index (χ4v) is 1.36. The molecule has 0 spiro atoms. The molecule has 2 N–H and O–H groups in total. The Bertz CT molecular complexity index is 414. The number of H-pyrrole nitrogens is 1. The summed E-state index contributed by atoms with van der Waals surface area (Å²) in [5, 5.41) is 9.05. The number of aromatic amines is 1. The Morgan fingerprint density at radius 2 is 2.31 bits per heavy atom. The Morgan fingerprint density at radius 3 is 2.75 bits per heavy atom. The topological polar surface area (TPSA) is 73.4 Å². The molecule has 1 aromatic rings. The predicted octanol–water partition coefficient (Wildman–Crippen LogP) is 1.38. The van der Waals surface area contributed by atoms with Crippen LogP contribution in [0, 0.1) is 0 Å². The van der Waals surface area contributed by atoms with Crippen LogP contribution in [-0.4, -0.2) is 40.0 Å². The summed E-state index contributed by atoms with van der Waals surface area (Å²) < 4.78 is 0. The van der Waals surface area contributed by atoms with Crippen LogP contribution in [0.3, 0.4) is 0 Å². The molecule has 16 heavy (non-hydrogen) atoms. The lowest BCUT2D eigenvalue weighted by Crippen LogP contribution is -2.35. The van der Waals surface area contributed by atoms with E-state index in [0.29, 0.717) is 5.02 Å². The number of hydrogen-bond acceptors (Lipinski definition) is 2. The standard InChI is InChI=1S/C10H11ClN2O3/c1-2-3-13(6-9(14)15)10(16)8-4-7(11)5-12-8/h2,4-5,12H,1,3,6H2,(H,14,15). The molecular formula is C10H11ClN2O3. The van der Waals surface area contributed by atoms with Gasteiger partial charge in [-0.15, -0.1) is 6.58 Å². The molecule has 0 radical (unpaired) electrons. The average Bonchev–Trinajstić information content (AvgIpc) is 2.62. The first-order valence-electron chi connectivity index (χ1n) is 4.50. The van der Waals surface area contributed by atoms with Gasteiger partial charge in [0.25, 0.3) is 5.91 Å². The molecule has 86 valence electrons. The minimum absolute atomic E-state index is 0.168. The first-order valence-corrected chi connectivity index (χ1v) is 4.88. The van der Waals surface area contributed by atoms with Gasteiger partial charge in [0.05, 0.1) is 5.02 Å². The Hall–Kier alpha value is -1.75. The maximum absolute atomic E-state index is 11.8. The van der Waals surface area contributed by atoms with E-state index >= 15 is 0 Å². The highest BCUT2D eigenvalue weighted by Crippen LogP contribution is 2.11. The number of rotatable bonds is 5. The van der Waals surface area contributed by atoms with Gasteiger partial charge in [0.15, 0.2) is 0 Å². The number of hydrogen-bond donors (Lipinski definition) is 2. The molecule has 0 aromatic carbocycles. The molecule has 1 amide bonds. The van der Waals surface area contributed by atoms with Gasteiger partial charge in [-0.3, -0.25) is 9.59 Å². The van der Waals surface area contributed by atoms with E-state index in [9.17, 15) is 9.59 Å². The van der Waals surface area contributed by atoms with Gasteiger partial charge in [-0.2, -0.15) is 0 Å². The van der Waals surface area contributed by atoms with Gasteiger partial charge in [0, 0.05) is 12.7 Å². The molecule has 0 saturated heterocycles. The van der Waals surface area contributed by atoms with Crippen LogP contribution in [0.15, 0.2) is 24.9 Å². The number of carboxylic acid groups (broad SMARTS) is 1. The van der Waals surface area contributed by atoms with Crippen LogP contribution >= 0.6 is 11.6 Å². The molecule has 0 aliphatic rings. The highest BCUT2D eigenvalue weighted by molar-refractivity contribution is 6.30. The molecule has 0 aliphatic heterocycles. The number of aliphatic carboxylic acids is 1. The van der Waals surface area contributed by atoms with Crippen molar-refractivity contribution in [1.82, 2.24) is 9.88 Å². The number of nitrogens with one attached hydrogen (secondary N) is 1. The van der Waals surface area contributed by atoms with Crippen molar-refractivity contribution in [2.75, 3.05) is 13.1 Å². The lowest BCUT2D eigenvalue weighted by molar-refractivity contribution is -0.137. The third kappa shape index (κ3) is 3.13. The van der Waals surface area contributed by atoms with Crippen LogP contribution in [0.4, 0.5) is 0 Å². The fraction of sp³-hybridized carbons (Fsp3) is 0.200. The largest absolute Gasteiger partial charge is 0.480 e. The van der Waals surface area contributed by atoms with Crippen molar-refractivity contribution in [3.63, 3.8) is 0 Å². The molecule has 5 nitrogen and oxygen atoms in total. The second-order valence-electron chi connectivity index (χ2n) is 3.10. The molecule has 0 fully saturated rings.